The summed E-state index contributed by atoms with van der Waals surface area (Å²) in [5, 5.41) is 7.91. The van der Waals surface area contributed by atoms with Crippen LogP contribution in [-0.4, -0.2) is 6.04 Å². The summed E-state index contributed by atoms with van der Waals surface area (Å²) < 4.78 is 0. The van der Waals surface area contributed by atoms with Crippen molar-refractivity contribution in [2.45, 2.75) is 19.4 Å². The molecule has 0 saturated carbocycles. The van der Waals surface area contributed by atoms with Crippen LogP contribution in [-0.2, 0) is 0 Å². The van der Waals surface area contributed by atoms with Gasteiger partial charge in [-0.3, -0.25) is 0 Å². The van der Waals surface area contributed by atoms with E-state index in [1.54, 1.807) is 0 Å². The average molecular weight is 121 g/mol. The summed E-state index contributed by atoms with van der Waals surface area (Å²) in [7, 11) is 0. The molecule has 0 unspecified atom stereocenters. The van der Waals surface area contributed by atoms with Gasteiger partial charge in [-0.15, -0.1) is 12.4 Å². The second-order valence-electron chi connectivity index (χ2n) is 1.34. The number of halogens is 1. The summed E-state index contributed by atoms with van der Waals surface area (Å²) >= 11 is 0. The quantitative estimate of drug-likeness (QED) is 0.553. The van der Waals surface area contributed by atoms with Gasteiger partial charge in [0.15, 0.2) is 0 Å². The van der Waals surface area contributed by atoms with Crippen molar-refractivity contribution in [3.05, 3.63) is 0 Å². The van der Waals surface area contributed by atoms with E-state index in [1.807, 2.05) is 13.0 Å². The molecule has 0 aromatic carbocycles. The van der Waals surface area contributed by atoms with E-state index in [-0.39, 0.29) is 18.4 Å². The molecule has 42 valence electrons. The van der Waals surface area contributed by atoms with E-state index in [0.29, 0.717) is 6.42 Å². The van der Waals surface area contributed by atoms with Gasteiger partial charge in [0.2, 0.25) is 0 Å². The third kappa shape index (κ3) is 10.7. The van der Waals surface area contributed by atoms with Crippen LogP contribution in [0.2, 0.25) is 0 Å². The molecule has 0 aliphatic rings. The van der Waals surface area contributed by atoms with Crippen LogP contribution in [0.15, 0.2) is 0 Å². The van der Waals surface area contributed by atoms with Crippen LogP contribution in [0.3, 0.4) is 0 Å². The highest BCUT2D eigenvalue weighted by Crippen LogP contribution is 1.77. The Morgan fingerprint density at radius 2 is 2.29 bits per heavy atom. The minimum absolute atomic E-state index is 0. The maximum atomic E-state index is 7.91. The molecule has 0 rings (SSSR count). The van der Waals surface area contributed by atoms with E-state index in [1.165, 1.54) is 0 Å². The highest BCUT2D eigenvalue weighted by Gasteiger charge is 1.85. The van der Waals surface area contributed by atoms with Crippen molar-refractivity contribution in [3.8, 4) is 6.07 Å². The number of nitrogens with zero attached hydrogens (tertiary/aromatic N) is 1. The summed E-state index contributed by atoms with van der Waals surface area (Å²) in [6.45, 7) is 1.81. The maximum Gasteiger partial charge on any atom is 0.0637 e. The monoisotopic (exact) mass is 120 g/mol. The Kier molecular flexibility index (Phi) is 8.10. The van der Waals surface area contributed by atoms with Gasteiger partial charge >= 0.3 is 0 Å². The molecule has 0 aliphatic heterocycles. The van der Waals surface area contributed by atoms with Crippen LogP contribution in [0.4, 0.5) is 0 Å². The Bertz CT molecular complexity index is 64.6. The molecular weight excluding hydrogens is 112 g/mol. The van der Waals surface area contributed by atoms with Crippen molar-refractivity contribution in [1.29, 1.82) is 5.26 Å². The molecule has 0 amide bonds. The molecule has 0 radical (unpaired) electrons. The van der Waals surface area contributed by atoms with Gasteiger partial charge in [0, 0.05) is 12.5 Å². The van der Waals surface area contributed by atoms with Gasteiger partial charge in [-0.2, -0.15) is 5.26 Å². The fourth-order valence-electron chi connectivity index (χ4n) is 0.144. The Labute approximate surface area is 49.7 Å². The smallest absolute Gasteiger partial charge is 0.0637 e. The summed E-state index contributed by atoms with van der Waals surface area (Å²) in [6.07, 6.45) is 0.458. The van der Waals surface area contributed by atoms with E-state index in [9.17, 15) is 0 Å². The third-order valence-corrected chi connectivity index (χ3v) is 0.413. The van der Waals surface area contributed by atoms with Gasteiger partial charge in [0.25, 0.3) is 0 Å². The van der Waals surface area contributed by atoms with Crippen LogP contribution in [0, 0.1) is 11.3 Å². The molecule has 0 spiro atoms. The van der Waals surface area contributed by atoms with Crippen LogP contribution >= 0.6 is 12.4 Å². The minimum atomic E-state index is 0. The number of hydrogen-bond donors (Lipinski definition) is 1. The second kappa shape index (κ2) is 5.74. The number of nitrogens with two attached hydrogens (primary N) is 1. The van der Waals surface area contributed by atoms with Crippen LogP contribution in [0.5, 0.6) is 0 Å². The van der Waals surface area contributed by atoms with Crippen molar-refractivity contribution in [2.24, 2.45) is 5.73 Å². The fraction of sp³-hybridized carbons (Fsp3) is 0.750. The lowest BCUT2D eigenvalue weighted by Crippen LogP contribution is -2.12. The van der Waals surface area contributed by atoms with E-state index >= 15 is 0 Å². The lowest BCUT2D eigenvalue weighted by atomic mass is 10.3. The standard InChI is InChI=1S/C4H8N2.ClH/c1-4(6)2-3-5;/h4H,2,6H2,1H3;1H/t4-;/m0./s1. The van der Waals surface area contributed by atoms with E-state index in [0.717, 1.165) is 0 Å². The fourth-order valence-corrected chi connectivity index (χ4v) is 0.144. The zero-order valence-corrected chi connectivity index (χ0v) is 5.03. The van der Waals surface area contributed by atoms with Crippen LogP contribution in [0.25, 0.3) is 0 Å². The van der Waals surface area contributed by atoms with Crippen molar-refractivity contribution in [2.75, 3.05) is 0 Å². The molecule has 0 aromatic rings. The first-order chi connectivity index (χ1) is 2.77. The van der Waals surface area contributed by atoms with Crippen LogP contribution in [0.1, 0.15) is 13.3 Å². The summed E-state index contributed by atoms with van der Waals surface area (Å²) in [6, 6.07) is 1.98. The van der Waals surface area contributed by atoms with Crippen molar-refractivity contribution in [3.63, 3.8) is 0 Å². The lowest BCUT2D eigenvalue weighted by molar-refractivity contribution is 0.765. The molecule has 7 heavy (non-hydrogen) atoms. The van der Waals surface area contributed by atoms with Gasteiger partial charge in [-0.1, -0.05) is 0 Å². The van der Waals surface area contributed by atoms with Crippen molar-refractivity contribution >= 4 is 12.4 Å². The zero-order valence-electron chi connectivity index (χ0n) is 4.22. The van der Waals surface area contributed by atoms with Gasteiger partial charge in [-0.25, -0.2) is 0 Å². The second-order valence-corrected chi connectivity index (χ2v) is 1.34. The molecule has 2 nitrogen and oxygen atoms in total. The molecule has 0 aliphatic carbocycles. The predicted molar refractivity (Wildman–Crippen MR) is 31.1 cm³/mol. The topological polar surface area (TPSA) is 49.8 Å². The third-order valence-electron chi connectivity index (χ3n) is 0.413. The Morgan fingerprint density at radius 3 is 2.29 bits per heavy atom. The Hall–Kier alpha value is -0.260. The minimum Gasteiger partial charge on any atom is -0.327 e. The molecule has 2 N–H and O–H groups in total. The number of rotatable bonds is 1. The number of nitriles is 1. The highest BCUT2D eigenvalue weighted by molar-refractivity contribution is 5.85. The lowest BCUT2D eigenvalue weighted by Gasteiger charge is -1.89. The molecule has 1 atom stereocenters. The summed E-state index contributed by atoms with van der Waals surface area (Å²) in [5.41, 5.74) is 5.18. The maximum absolute atomic E-state index is 7.91. The summed E-state index contributed by atoms with van der Waals surface area (Å²) in [4.78, 5) is 0. The largest absolute Gasteiger partial charge is 0.327 e. The van der Waals surface area contributed by atoms with E-state index in [4.69, 9.17) is 11.0 Å². The van der Waals surface area contributed by atoms with Gasteiger partial charge in [0.1, 0.15) is 0 Å². The highest BCUT2D eigenvalue weighted by atomic mass is 35.5. The van der Waals surface area contributed by atoms with E-state index in [2.05, 4.69) is 0 Å². The van der Waals surface area contributed by atoms with Crippen LogP contribution < -0.4 is 5.73 Å². The summed E-state index contributed by atoms with van der Waals surface area (Å²) in [5.74, 6) is 0. The zero-order chi connectivity index (χ0) is 4.99. The molecule has 0 saturated heterocycles. The average Bonchev–Trinajstić information content (AvgIpc) is 1.35. The number of hydrogen-bond acceptors (Lipinski definition) is 2. The molecule has 0 aromatic heterocycles. The first-order valence-corrected chi connectivity index (χ1v) is 1.90. The normalized spacial score (nSPS) is 11.0. The molecule has 0 fully saturated rings. The van der Waals surface area contributed by atoms with Crippen molar-refractivity contribution in [1.82, 2.24) is 0 Å². The Balaban J connectivity index is 0. The van der Waals surface area contributed by atoms with Crippen molar-refractivity contribution < 1.29 is 0 Å². The van der Waals surface area contributed by atoms with Gasteiger partial charge in [-0.05, 0) is 6.92 Å². The predicted octanol–water partition coefficient (Wildman–Crippen LogP) is 0.669. The van der Waals surface area contributed by atoms with E-state index < -0.39 is 0 Å². The first kappa shape index (κ1) is 9.88. The Morgan fingerprint density at radius 1 is 1.86 bits per heavy atom. The first-order valence-electron chi connectivity index (χ1n) is 1.90. The molecule has 0 bridgehead atoms. The molecule has 3 heteroatoms. The molecular formula is C4H9ClN2. The molecule has 0 heterocycles. The van der Waals surface area contributed by atoms with Gasteiger partial charge < -0.3 is 5.73 Å². The SMILES string of the molecule is C[C@H](N)CC#N.Cl. The van der Waals surface area contributed by atoms with Gasteiger partial charge in [0.05, 0.1) is 6.07 Å².